The van der Waals surface area contributed by atoms with Crippen molar-refractivity contribution in [2.75, 3.05) is 11.9 Å². The van der Waals surface area contributed by atoms with E-state index >= 15 is 0 Å². The number of hydrogen-bond acceptors (Lipinski definition) is 6. The molecule has 0 saturated carbocycles. The second-order valence-corrected chi connectivity index (χ2v) is 5.93. The highest BCUT2D eigenvalue weighted by atomic mass is 16.5. The van der Waals surface area contributed by atoms with Gasteiger partial charge < -0.3 is 13.9 Å². The van der Waals surface area contributed by atoms with Crippen LogP contribution >= 0.6 is 0 Å². The fourth-order valence-electron chi connectivity index (χ4n) is 2.33. The summed E-state index contributed by atoms with van der Waals surface area (Å²) in [6.07, 6.45) is -0.714. The van der Waals surface area contributed by atoms with Gasteiger partial charge in [-0.2, -0.15) is 0 Å². The van der Waals surface area contributed by atoms with E-state index in [-0.39, 0.29) is 11.9 Å². The van der Waals surface area contributed by atoms with Gasteiger partial charge in [0.25, 0.3) is 5.91 Å². The van der Waals surface area contributed by atoms with E-state index in [1.54, 1.807) is 6.92 Å². The topological polar surface area (TPSA) is 86.5 Å². The SMILES string of the molecule is CCOc1ccc(-c2nnc(NC(=O)[C@@H](C)Oc3ccc(C)cc3)o2)cc1. The van der Waals surface area contributed by atoms with Crippen molar-refractivity contribution >= 4 is 11.9 Å². The number of rotatable bonds is 7. The summed E-state index contributed by atoms with van der Waals surface area (Å²) in [6, 6.07) is 14.7. The Morgan fingerprint density at radius 1 is 1.07 bits per heavy atom. The number of carbonyl (C=O) groups is 1. The van der Waals surface area contributed by atoms with Gasteiger partial charge in [0.2, 0.25) is 5.89 Å². The van der Waals surface area contributed by atoms with Crippen LogP contribution in [0.3, 0.4) is 0 Å². The number of aromatic nitrogens is 2. The fraction of sp³-hybridized carbons (Fsp3) is 0.250. The van der Waals surface area contributed by atoms with Gasteiger partial charge in [-0.05, 0) is 57.2 Å². The molecule has 1 heterocycles. The van der Waals surface area contributed by atoms with Crippen molar-refractivity contribution in [3.8, 4) is 23.0 Å². The predicted molar refractivity (Wildman–Crippen MR) is 101 cm³/mol. The number of amides is 1. The van der Waals surface area contributed by atoms with Crippen LogP contribution in [0.25, 0.3) is 11.5 Å². The van der Waals surface area contributed by atoms with Gasteiger partial charge in [0, 0.05) is 5.56 Å². The van der Waals surface area contributed by atoms with E-state index in [0.717, 1.165) is 16.9 Å². The molecule has 1 aromatic heterocycles. The average Bonchev–Trinajstić information content (AvgIpc) is 3.13. The second kappa shape index (κ2) is 8.35. The molecule has 1 amide bonds. The van der Waals surface area contributed by atoms with Crippen LogP contribution in [0, 0.1) is 6.92 Å². The molecule has 7 nitrogen and oxygen atoms in total. The molecule has 0 bridgehead atoms. The van der Waals surface area contributed by atoms with Crippen molar-refractivity contribution in [3.05, 3.63) is 54.1 Å². The summed E-state index contributed by atoms with van der Waals surface area (Å²) in [5.74, 6) is 1.30. The predicted octanol–water partition coefficient (Wildman–Crippen LogP) is 3.85. The summed E-state index contributed by atoms with van der Waals surface area (Å²) in [4.78, 5) is 12.3. The number of nitrogens with zero attached hydrogens (tertiary/aromatic N) is 2. The van der Waals surface area contributed by atoms with Crippen LogP contribution in [0.5, 0.6) is 11.5 Å². The Bertz CT molecular complexity index is 888. The summed E-state index contributed by atoms with van der Waals surface area (Å²) >= 11 is 0. The van der Waals surface area contributed by atoms with E-state index < -0.39 is 6.10 Å². The monoisotopic (exact) mass is 367 g/mol. The van der Waals surface area contributed by atoms with E-state index in [0.29, 0.717) is 18.2 Å². The number of carbonyl (C=O) groups excluding carboxylic acids is 1. The molecule has 1 N–H and O–H groups in total. The average molecular weight is 367 g/mol. The Labute approximate surface area is 157 Å². The van der Waals surface area contributed by atoms with Crippen molar-refractivity contribution in [2.45, 2.75) is 26.9 Å². The quantitative estimate of drug-likeness (QED) is 0.683. The van der Waals surface area contributed by atoms with Gasteiger partial charge in [0.1, 0.15) is 11.5 Å². The molecule has 3 aromatic rings. The first-order chi connectivity index (χ1) is 13.0. The third-order valence-corrected chi connectivity index (χ3v) is 3.77. The van der Waals surface area contributed by atoms with Crippen LogP contribution in [0.2, 0.25) is 0 Å². The summed E-state index contributed by atoms with van der Waals surface area (Å²) < 4.78 is 16.5. The van der Waals surface area contributed by atoms with E-state index in [2.05, 4.69) is 15.5 Å². The van der Waals surface area contributed by atoms with Crippen molar-refractivity contribution < 1.29 is 18.7 Å². The van der Waals surface area contributed by atoms with E-state index in [9.17, 15) is 4.79 Å². The molecule has 0 aliphatic heterocycles. The van der Waals surface area contributed by atoms with Crippen molar-refractivity contribution in [3.63, 3.8) is 0 Å². The maximum Gasteiger partial charge on any atom is 0.322 e. The fourth-order valence-corrected chi connectivity index (χ4v) is 2.33. The normalized spacial score (nSPS) is 11.7. The van der Waals surface area contributed by atoms with Crippen LogP contribution in [0.15, 0.2) is 52.9 Å². The highest BCUT2D eigenvalue weighted by Gasteiger charge is 2.18. The van der Waals surface area contributed by atoms with Gasteiger partial charge in [-0.3, -0.25) is 10.1 Å². The molecule has 0 radical (unpaired) electrons. The summed E-state index contributed by atoms with van der Waals surface area (Å²) in [5, 5.41) is 10.4. The number of anilines is 1. The Morgan fingerprint density at radius 3 is 2.41 bits per heavy atom. The lowest BCUT2D eigenvalue weighted by Gasteiger charge is -2.13. The molecule has 0 spiro atoms. The molecule has 0 saturated heterocycles. The lowest BCUT2D eigenvalue weighted by molar-refractivity contribution is -0.122. The maximum atomic E-state index is 12.3. The van der Waals surface area contributed by atoms with Gasteiger partial charge in [0.05, 0.1) is 6.61 Å². The van der Waals surface area contributed by atoms with E-state index in [1.165, 1.54) is 0 Å². The smallest absolute Gasteiger partial charge is 0.322 e. The molecule has 27 heavy (non-hydrogen) atoms. The van der Waals surface area contributed by atoms with Gasteiger partial charge in [-0.1, -0.05) is 22.8 Å². The molecule has 140 valence electrons. The number of benzene rings is 2. The molecule has 0 unspecified atom stereocenters. The van der Waals surface area contributed by atoms with Gasteiger partial charge in [-0.25, -0.2) is 0 Å². The largest absolute Gasteiger partial charge is 0.494 e. The number of ether oxygens (including phenoxy) is 2. The van der Waals surface area contributed by atoms with Crippen molar-refractivity contribution in [1.29, 1.82) is 0 Å². The van der Waals surface area contributed by atoms with E-state index in [4.69, 9.17) is 13.9 Å². The lowest BCUT2D eigenvalue weighted by Crippen LogP contribution is -2.30. The minimum absolute atomic E-state index is 0.0169. The van der Waals surface area contributed by atoms with Gasteiger partial charge >= 0.3 is 6.01 Å². The molecular weight excluding hydrogens is 346 g/mol. The number of nitrogens with one attached hydrogen (secondary N) is 1. The summed E-state index contributed by atoms with van der Waals surface area (Å²) in [7, 11) is 0. The summed E-state index contributed by atoms with van der Waals surface area (Å²) in [6.45, 7) is 6.15. The van der Waals surface area contributed by atoms with Crippen molar-refractivity contribution in [1.82, 2.24) is 10.2 Å². The van der Waals surface area contributed by atoms with Crippen LogP contribution in [0.1, 0.15) is 19.4 Å². The van der Waals surface area contributed by atoms with Crippen LogP contribution in [-0.4, -0.2) is 28.8 Å². The number of aryl methyl sites for hydroxylation is 1. The highest BCUT2D eigenvalue weighted by Crippen LogP contribution is 2.23. The Kier molecular flexibility index (Phi) is 5.71. The first kappa shape index (κ1) is 18.4. The Morgan fingerprint density at radius 2 is 1.74 bits per heavy atom. The zero-order valence-electron chi connectivity index (χ0n) is 15.4. The molecule has 0 fully saturated rings. The minimum atomic E-state index is -0.714. The first-order valence-corrected chi connectivity index (χ1v) is 8.66. The Hall–Kier alpha value is -3.35. The molecule has 7 heteroatoms. The lowest BCUT2D eigenvalue weighted by atomic mass is 10.2. The molecule has 0 aliphatic rings. The van der Waals surface area contributed by atoms with E-state index in [1.807, 2.05) is 62.4 Å². The Balaban J connectivity index is 1.60. The zero-order valence-corrected chi connectivity index (χ0v) is 15.4. The third-order valence-electron chi connectivity index (χ3n) is 3.77. The molecule has 1 atom stereocenters. The number of hydrogen-bond donors (Lipinski definition) is 1. The second-order valence-electron chi connectivity index (χ2n) is 5.93. The van der Waals surface area contributed by atoms with Crippen molar-refractivity contribution in [2.24, 2.45) is 0 Å². The minimum Gasteiger partial charge on any atom is -0.494 e. The standard InChI is InChI=1S/C20H21N3O4/c1-4-25-16-11-7-15(8-12-16)19-22-23-20(27-19)21-18(24)14(3)26-17-9-5-13(2)6-10-17/h5-12,14H,4H2,1-3H3,(H,21,23,24)/t14-/m1/s1. The van der Waals surface area contributed by atoms with Crippen LogP contribution in [0.4, 0.5) is 6.01 Å². The summed E-state index contributed by atoms with van der Waals surface area (Å²) in [5.41, 5.74) is 1.85. The van der Waals surface area contributed by atoms with Crippen LogP contribution in [-0.2, 0) is 4.79 Å². The zero-order chi connectivity index (χ0) is 19.2. The van der Waals surface area contributed by atoms with Gasteiger partial charge in [-0.15, -0.1) is 5.10 Å². The maximum absolute atomic E-state index is 12.3. The van der Waals surface area contributed by atoms with Gasteiger partial charge in [0.15, 0.2) is 6.10 Å². The molecule has 3 rings (SSSR count). The molecular formula is C20H21N3O4. The third kappa shape index (κ3) is 4.84. The highest BCUT2D eigenvalue weighted by molar-refractivity contribution is 5.92. The van der Waals surface area contributed by atoms with Crippen LogP contribution < -0.4 is 14.8 Å². The molecule has 2 aromatic carbocycles. The molecule has 0 aliphatic carbocycles. The first-order valence-electron chi connectivity index (χ1n) is 8.66.